The van der Waals surface area contributed by atoms with Crippen molar-refractivity contribution in [3.63, 3.8) is 0 Å². The summed E-state index contributed by atoms with van der Waals surface area (Å²) in [6.45, 7) is 4.21. The minimum absolute atomic E-state index is 0.318. The van der Waals surface area contributed by atoms with E-state index in [2.05, 4.69) is 46.8 Å². The van der Waals surface area contributed by atoms with Gasteiger partial charge in [-0.15, -0.1) is 0 Å². The second-order valence-electron chi connectivity index (χ2n) is 5.58. The van der Waals surface area contributed by atoms with E-state index in [1.807, 2.05) is 31.3 Å². The van der Waals surface area contributed by atoms with Crippen LogP contribution in [0.4, 0.5) is 0 Å². The molecule has 21 heavy (non-hydrogen) atoms. The zero-order chi connectivity index (χ0) is 14.8. The lowest BCUT2D eigenvalue weighted by Gasteiger charge is -2.09. The van der Waals surface area contributed by atoms with Gasteiger partial charge in [-0.1, -0.05) is 37.3 Å². The van der Waals surface area contributed by atoms with Gasteiger partial charge in [0.15, 0.2) is 0 Å². The highest BCUT2D eigenvalue weighted by atomic mass is 15.1. The number of nitrogens with one attached hydrogen (secondary N) is 1. The number of hydrogen-bond donors (Lipinski definition) is 1. The molecule has 0 saturated heterocycles. The van der Waals surface area contributed by atoms with Gasteiger partial charge >= 0.3 is 0 Å². The van der Waals surface area contributed by atoms with Gasteiger partial charge in [0.05, 0.1) is 5.69 Å². The first kappa shape index (κ1) is 13.6. The average Bonchev–Trinajstić information content (AvgIpc) is 3.06. The van der Waals surface area contributed by atoms with Crippen LogP contribution in [0.2, 0.25) is 0 Å². The summed E-state index contributed by atoms with van der Waals surface area (Å²) in [5.74, 6) is 2.42. The number of aromatic amines is 1. The zero-order valence-electron chi connectivity index (χ0n) is 12.7. The van der Waals surface area contributed by atoms with Crippen molar-refractivity contribution in [3.8, 4) is 11.3 Å². The molecule has 4 nitrogen and oxygen atoms in total. The number of benzene rings is 1. The van der Waals surface area contributed by atoms with E-state index in [1.54, 1.807) is 0 Å². The maximum absolute atomic E-state index is 4.80. The number of aromatic nitrogens is 4. The minimum atomic E-state index is 0.318. The molecular formula is C17H20N4. The molecular weight excluding hydrogens is 260 g/mol. The first-order valence-electron chi connectivity index (χ1n) is 7.22. The van der Waals surface area contributed by atoms with Crippen molar-refractivity contribution < 1.29 is 0 Å². The lowest BCUT2D eigenvalue weighted by atomic mass is 10.1. The molecule has 1 aromatic carbocycles. The van der Waals surface area contributed by atoms with Crippen molar-refractivity contribution in [2.75, 3.05) is 0 Å². The van der Waals surface area contributed by atoms with E-state index in [0.29, 0.717) is 5.92 Å². The predicted molar refractivity (Wildman–Crippen MR) is 84.1 cm³/mol. The van der Waals surface area contributed by atoms with Crippen molar-refractivity contribution in [2.24, 2.45) is 7.05 Å². The van der Waals surface area contributed by atoms with E-state index in [4.69, 9.17) is 4.98 Å². The van der Waals surface area contributed by atoms with Crippen LogP contribution in [0, 0.1) is 6.92 Å². The summed E-state index contributed by atoms with van der Waals surface area (Å²) in [6, 6.07) is 10.3. The molecule has 0 aliphatic carbocycles. The van der Waals surface area contributed by atoms with Crippen LogP contribution in [0.3, 0.4) is 0 Å². The highest BCUT2D eigenvalue weighted by molar-refractivity contribution is 5.58. The number of H-pyrrole nitrogens is 1. The molecule has 0 radical (unpaired) electrons. The third kappa shape index (κ3) is 2.89. The summed E-state index contributed by atoms with van der Waals surface area (Å²) in [4.78, 5) is 12.5. The highest BCUT2D eigenvalue weighted by Crippen LogP contribution is 2.23. The molecule has 0 bridgehead atoms. The van der Waals surface area contributed by atoms with Crippen LogP contribution in [-0.2, 0) is 13.5 Å². The summed E-state index contributed by atoms with van der Waals surface area (Å²) in [5.41, 5.74) is 3.28. The van der Waals surface area contributed by atoms with Crippen LogP contribution in [0.15, 0.2) is 42.7 Å². The molecule has 1 unspecified atom stereocenters. The molecule has 2 aromatic heterocycles. The van der Waals surface area contributed by atoms with Crippen LogP contribution >= 0.6 is 0 Å². The third-order valence-electron chi connectivity index (χ3n) is 3.68. The van der Waals surface area contributed by atoms with Gasteiger partial charge < -0.3 is 9.55 Å². The largest absolute Gasteiger partial charge is 0.346 e. The SMILES string of the molecule is Cc1cnc(CC(C)c2nc(-c3ccccc3)cn2C)[nH]1. The average molecular weight is 280 g/mol. The van der Waals surface area contributed by atoms with Crippen molar-refractivity contribution >= 4 is 0 Å². The molecule has 1 atom stereocenters. The molecule has 4 heteroatoms. The Morgan fingerprint density at radius 3 is 2.67 bits per heavy atom. The first-order chi connectivity index (χ1) is 10.1. The van der Waals surface area contributed by atoms with Crippen molar-refractivity contribution in [2.45, 2.75) is 26.2 Å². The number of imidazole rings is 2. The van der Waals surface area contributed by atoms with Crippen LogP contribution < -0.4 is 0 Å². The Labute approximate surface area is 124 Å². The summed E-state index contributed by atoms with van der Waals surface area (Å²) in [6.07, 6.45) is 4.83. The van der Waals surface area contributed by atoms with Crippen molar-refractivity contribution in [3.05, 3.63) is 60.1 Å². The normalized spacial score (nSPS) is 12.5. The van der Waals surface area contributed by atoms with Gasteiger partial charge in [-0.3, -0.25) is 0 Å². The summed E-state index contributed by atoms with van der Waals surface area (Å²) in [7, 11) is 2.05. The van der Waals surface area contributed by atoms with Crippen LogP contribution in [0.5, 0.6) is 0 Å². The Bertz CT molecular complexity index is 724. The van der Waals surface area contributed by atoms with E-state index in [0.717, 1.165) is 35.0 Å². The molecule has 3 aromatic rings. The zero-order valence-corrected chi connectivity index (χ0v) is 12.7. The van der Waals surface area contributed by atoms with Gasteiger partial charge in [-0.2, -0.15) is 0 Å². The van der Waals surface area contributed by atoms with E-state index in [-0.39, 0.29) is 0 Å². The number of aryl methyl sites for hydroxylation is 2. The molecule has 0 aliphatic rings. The molecule has 1 N–H and O–H groups in total. The molecule has 0 fully saturated rings. The highest BCUT2D eigenvalue weighted by Gasteiger charge is 2.15. The molecule has 0 saturated carbocycles. The smallest absolute Gasteiger partial charge is 0.112 e. The molecule has 0 spiro atoms. The van der Waals surface area contributed by atoms with Gasteiger partial charge in [0.2, 0.25) is 0 Å². The molecule has 0 amide bonds. The first-order valence-corrected chi connectivity index (χ1v) is 7.22. The molecule has 0 aliphatic heterocycles. The quantitative estimate of drug-likeness (QED) is 0.795. The number of rotatable bonds is 4. The fourth-order valence-corrected chi connectivity index (χ4v) is 2.64. The van der Waals surface area contributed by atoms with E-state index >= 15 is 0 Å². The van der Waals surface area contributed by atoms with E-state index in [1.165, 1.54) is 0 Å². The van der Waals surface area contributed by atoms with Crippen molar-refractivity contribution in [1.82, 2.24) is 19.5 Å². The van der Waals surface area contributed by atoms with Gasteiger partial charge in [-0.05, 0) is 6.92 Å². The van der Waals surface area contributed by atoms with E-state index in [9.17, 15) is 0 Å². The Morgan fingerprint density at radius 2 is 2.00 bits per heavy atom. The van der Waals surface area contributed by atoms with Crippen LogP contribution in [0.25, 0.3) is 11.3 Å². The van der Waals surface area contributed by atoms with Gasteiger partial charge in [-0.25, -0.2) is 9.97 Å². The topological polar surface area (TPSA) is 46.5 Å². The van der Waals surface area contributed by atoms with Crippen molar-refractivity contribution in [1.29, 1.82) is 0 Å². The van der Waals surface area contributed by atoms with Crippen LogP contribution in [-0.4, -0.2) is 19.5 Å². The summed E-state index contributed by atoms with van der Waals surface area (Å²) < 4.78 is 2.11. The third-order valence-corrected chi connectivity index (χ3v) is 3.68. The van der Waals surface area contributed by atoms with Crippen LogP contribution in [0.1, 0.15) is 30.2 Å². The maximum atomic E-state index is 4.80. The Hall–Kier alpha value is -2.36. The lowest BCUT2D eigenvalue weighted by molar-refractivity contribution is 0.641. The Balaban J connectivity index is 1.84. The standard InChI is InChI=1S/C17H20N4/c1-12(9-16-18-10-13(2)19-16)17-20-15(11-21(17)3)14-7-5-4-6-8-14/h4-8,10-12H,9H2,1-3H3,(H,18,19). The van der Waals surface area contributed by atoms with Gasteiger partial charge in [0.25, 0.3) is 0 Å². The maximum Gasteiger partial charge on any atom is 0.112 e. The lowest BCUT2D eigenvalue weighted by Crippen LogP contribution is -2.06. The number of hydrogen-bond acceptors (Lipinski definition) is 2. The monoisotopic (exact) mass is 280 g/mol. The fourth-order valence-electron chi connectivity index (χ4n) is 2.64. The summed E-state index contributed by atoms with van der Waals surface area (Å²) in [5, 5.41) is 0. The molecule has 2 heterocycles. The predicted octanol–water partition coefficient (Wildman–Crippen LogP) is 3.46. The minimum Gasteiger partial charge on any atom is -0.346 e. The Morgan fingerprint density at radius 1 is 1.24 bits per heavy atom. The van der Waals surface area contributed by atoms with Gasteiger partial charge in [0.1, 0.15) is 11.6 Å². The Kier molecular flexibility index (Phi) is 3.60. The fraction of sp³-hybridized carbons (Fsp3) is 0.294. The summed E-state index contributed by atoms with van der Waals surface area (Å²) >= 11 is 0. The number of nitrogens with zero attached hydrogens (tertiary/aromatic N) is 3. The second-order valence-corrected chi connectivity index (χ2v) is 5.58. The van der Waals surface area contributed by atoms with E-state index < -0.39 is 0 Å². The second kappa shape index (κ2) is 5.56. The van der Waals surface area contributed by atoms with Gasteiger partial charge in [0, 0.05) is 43.0 Å². The molecule has 3 rings (SSSR count). The molecule has 108 valence electrons.